The van der Waals surface area contributed by atoms with Crippen LogP contribution in [-0.2, 0) is 12.8 Å². The Balaban J connectivity index is 1.94. The maximum atomic E-state index is 14.5. The number of nitrogens with zero attached hydrogens (tertiary/aromatic N) is 2. The van der Waals surface area contributed by atoms with E-state index in [0.717, 1.165) is 18.4 Å². The molecule has 1 aromatic heterocycles. The van der Waals surface area contributed by atoms with Crippen LogP contribution in [0.15, 0.2) is 24.5 Å². The molecule has 0 aliphatic heterocycles. The Bertz CT molecular complexity index is 715. The first-order valence-corrected chi connectivity index (χ1v) is 10.4. The molecule has 0 spiro atoms. The topological polar surface area (TPSA) is 25.8 Å². The molecule has 1 heterocycles. The molecule has 0 fully saturated rings. The summed E-state index contributed by atoms with van der Waals surface area (Å²) >= 11 is 0. The zero-order valence-corrected chi connectivity index (χ0v) is 17.0. The van der Waals surface area contributed by atoms with Crippen LogP contribution >= 0.6 is 0 Å². The summed E-state index contributed by atoms with van der Waals surface area (Å²) in [6.07, 6.45) is 11.8. The van der Waals surface area contributed by atoms with Gasteiger partial charge in [0.1, 0.15) is 0 Å². The number of alkyl halides is 1. The molecule has 1 aromatic carbocycles. The Morgan fingerprint density at radius 2 is 1.54 bits per heavy atom. The number of aromatic nitrogens is 2. The van der Waals surface area contributed by atoms with E-state index in [2.05, 4.69) is 16.9 Å². The molecule has 1 unspecified atom stereocenters. The monoisotopic (exact) mass is 392 g/mol. The lowest BCUT2D eigenvalue weighted by atomic mass is 10.0. The highest BCUT2D eigenvalue weighted by molar-refractivity contribution is 5.56. The van der Waals surface area contributed by atoms with Gasteiger partial charge in [0.2, 0.25) is 0 Å². The number of benzene rings is 1. The van der Waals surface area contributed by atoms with Gasteiger partial charge in [0.15, 0.2) is 17.5 Å². The summed E-state index contributed by atoms with van der Waals surface area (Å²) in [5, 5.41) is 0. The molecule has 5 heteroatoms. The first-order valence-electron chi connectivity index (χ1n) is 10.4. The van der Waals surface area contributed by atoms with Gasteiger partial charge in [-0.05, 0) is 56.2 Å². The number of rotatable bonds is 12. The van der Waals surface area contributed by atoms with Crippen molar-refractivity contribution in [2.75, 3.05) is 0 Å². The lowest BCUT2D eigenvalue weighted by molar-refractivity contribution is 0.333. The quantitative estimate of drug-likeness (QED) is 0.363. The molecule has 2 nitrogen and oxygen atoms in total. The molecule has 0 aliphatic carbocycles. The molecule has 28 heavy (non-hydrogen) atoms. The van der Waals surface area contributed by atoms with Gasteiger partial charge in [-0.25, -0.2) is 23.1 Å². The first-order chi connectivity index (χ1) is 13.5. The van der Waals surface area contributed by atoms with Crippen molar-refractivity contribution < 1.29 is 13.2 Å². The summed E-state index contributed by atoms with van der Waals surface area (Å²) in [7, 11) is 0. The van der Waals surface area contributed by atoms with E-state index in [9.17, 15) is 13.2 Å². The van der Waals surface area contributed by atoms with E-state index in [-0.39, 0.29) is 17.0 Å². The van der Waals surface area contributed by atoms with E-state index >= 15 is 0 Å². The summed E-state index contributed by atoms with van der Waals surface area (Å²) in [5.41, 5.74) is 1.34. The second-order valence-electron chi connectivity index (χ2n) is 7.51. The number of hydrogen-bond acceptors (Lipinski definition) is 2. The third-order valence-corrected chi connectivity index (χ3v) is 4.98. The molecular weight excluding hydrogens is 361 g/mol. The molecule has 0 aliphatic rings. The summed E-state index contributed by atoms with van der Waals surface area (Å²) in [4.78, 5) is 8.45. The Labute approximate surface area is 166 Å². The van der Waals surface area contributed by atoms with Crippen molar-refractivity contribution in [3.63, 3.8) is 0 Å². The molecule has 0 amide bonds. The number of halogens is 3. The Morgan fingerprint density at radius 3 is 2.21 bits per heavy atom. The fourth-order valence-corrected chi connectivity index (χ4v) is 3.26. The van der Waals surface area contributed by atoms with Crippen LogP contribution < -0.4 is 0 Å². The number of unbranched alkanes of at least 4 members (excludes halogenated alkanes) is 5. The highest BCUT2D eigenvalue weighted by Crippen LogP contribution is 2.25. The third kappa shape index (κ3) is 6.92. The van der Waals surface area contributed by atoms with E-state index in [1.807, 2.05) is 0 Å². The number of hydrogen-bond donors (Lipinski definition) is 0. The largest absolute Gasteiger partial charge is 0.248 e. The van der Waals surface area contributed by atoms with Crippen LogP contribution in [0.2, 0.25) is 0 Å². The van der Waals surface area contributed by atoms with Crippen LogP contribution in [0.25, 0.3) is 11.4 Å². The Hall–Kier alpha value is -1.91. The summed E-state index contributed by atoms with van der Waals surface area (Å²) in [5.74, 6) is -1.63. The molecule has 154 valence electrons. The molecule has 0 saturated heterocycles. The van der Waals surface area contributed by atoms with Crippen LogP contribution in [-0.4, -0.2) is 16.1 Å². The molecule has 1 atom stereocenters. The second kappa shape index (κ2) is 11.8. The Kier molecular flexibility index (Phi) is 9.45. The summed E-state index contributed by atoms with van der Waals surface area (Å²) in [6, 6.07) is 3.06. The van der Waals surface area contributed by atoms with Crippen LogP contribution in [0.1, 0.15) is 76.3 Å². The van der Waals surface area contributed by atoms with Gasteiger partial charge in [-0.3, -0.25) is 0 Å². The standard InChI is InChI=1S/C23H31F3N2/c1-3-4-5-6-7-8-11-18-15-27-23(28-16-18)20-14-13-19(21(25)22(20)26)12-9-10-17(2)24/h13-17H,3-12H2,1-2H3. The van der Waals surface area contributed by atoms with Gasteiger partial charge < -0.3 is 0 Å². The first kappa shape index (κ1) is 22.4. The van der Waals surface area contributed by atoms with Crippen molar-refractivity contribution in [3.05, 3.63) is 47.3 Å². The molecule has 2 aromatic rings. The van der Waals surface area contributed by atoms with Crippen LogP contribution in [0.5, 0.6) is 0 Å². The van der Waals surface area contributed by atoms with Crippen LogP contribution in [0, 0.1) is 11.6 Å². The normalized spacial score (nSPS) is 12.3. The fraction of sp³-hybridized carbons (Fsp3) is 0.565. The van der Waals surface area contributed by atoms with E-state index in [1.165, 1.54) is 45.1 Å². The van der Waals surface area contributed by atoms with Gasteiger partial charge >= 0.3 is 0 Å². The Morgan fingerprint density at radius 1 is 0.857 bits per heavy atom. The summed E-state index contributed by atoms with van der Waals surface area (Å²) in [6.45, 7) is 3.67. The van der Waals surface area contributed by atoms with Gasteiger partial charge in [-0.15, -0.1) is 0 Å². The smallest absolute Gasteiger partial charge is 0.170 e. The predicted molar refractivity (Wildman–Crippen MR) is 108 cm³/mol. The average Bonchev–Trinajstić information content (AvgIpc) is 2.68. The minimum Gasteiger partial charge on any atom is -0.248 e. The van der Waals surface area contributed by atoms with E-state index in [0.29, 0.717) is 19.3 Å². The van der Waals surface area contributed by atoms with Gasteiger partial charge in [0.05, 0.1) is 11.7 Å². The van der Waals surface area contributed by atoms with Crippen molar-refractivity contribution >= 4 is 0 Å². The van der Waals surface area contributed by atoms with Crippen molar-refractivity contribution in [1.29, 1.82) is 0 Å². The zero-order valence-electron chi connectivity index (χ0n) is 17.0. The maximum absolute atomic E-state index is 14.5. The number of aryl methyl sites for hydroxylation is 2. The van der Waals surface area contributed by atoms with E-state index in [1.54, 1.807) is 18.5 Å². The molecule has 0 bridgehead atoms. The van der Waals surface area contributed by atoms with Gasteiger partial charge in [0.25, 0.3) is 0 Å². The van der Waals surface area contributed by atoms with Crippen molar-refractivity contribution in [1.82, 2.24) is 9.97 Å². The molecule has 0 N–H and O–H groups in total. The fourth-order valence-electron chi connectivity index (χ4n) is 3.26. The van der Waals surface area contributed by atoms with E-state index in [4.69, 9.17) is 0 Å². The molecule has 2 rings (SSSR count). The molecule has 0 saturated carbocycles. The minimum absolute atomic E-state index is 0.0613. The SMILES string of the molecule is CCCCCCCCc1cnc(-c2ccc(CCCC(C)F)c(F)c2F)nc1. The van der Waals surface area contributed by atoms with Crippen molar-refractivity contribution in [2.24, 2.45) is 0 Å². The van der Waals surface area contributed by atoms with Crippen molar-refractivity contribution in [2.45, 2.75) is 84.2 Å². The lowest BCUT2D eigenvalue weighted by Crippen LogP contribution is -2.01. The molecule has 0 radical (unpaired) electrons. The van der Waals surface area contributed by atoms with Gasteiger partial charge in [-0.1, -0.05) is 45.1 Å². The third-order valence-electron chi connectivity index (χ3n) is 4.98. The van der Waals surface area contributed by atoms with Crippen LogP contribution in [0.4, 0.5) is 13.2 Å². The van der Waals surface area contributed by atoms with Gasteiger partial charge in [-0.2, -0.15) is 0 Å². The second-order valence-corrected chi connectivity index (χ2v) is 7.51. The van der Waals surface area contributed by atoms with Crippen molar-refractivity contribution in [3.8, 4) is 11.4 Å². The summed E-state index contributed by atoms with van der Waals surface area (Å²) < 4.78 is 41.6. The minimum atomic E-state index is -0.936. The highest BCUT2D eigenvalue weighted by Gasteiger charge is 2.16. The van der Waals surface area contributed by atoms with Gasteiger partial charge in [0, 0.05) is 12.4 Å². The predicted octanol–water partition coefficient (Wildman–Crippen LogP) is 7.01. The zero-order chi connectivity index (χ0) is 20.4. The average molecular weight is 393 g/mol. The van der Waals surface area contributed by atoms with E-state index < -0.39 is 17.8 Å². The highest BCUT2D eigenvalue weighted by atomic mass is 19.2. The van der Waals surface area contributed by atoms with Crippen LogP contribution in [0.3, 0.4) is 0 Å². The maximum Gasteiger partial charge on any atom is 0.170 e. The lowest BCUT2D eigenvalue weighted by Gasteiger charge is -2.09. The molecular formula is C23H31F3N2.